The Labute approximate surface area is 139 Å². The molecule has 1 fully saturated rings. The van der Waals surface area contributed by atoms with E-state index in [1.807, 2.05) is 0 Å². The summed E-state index contributed by atoms with van der Waals surface area (Å²) < 4.78 is 26.4. The molecule has 0 spiro atoms. The fourth-order valence-corrected chi connectivity index (χ4v) is 2.54. The number of nitrogens with zero attached hydrogens (tertiary/aromatic N) is 1. The zero-order valence-corrected chi connectivity index (χ0v) is 13.6. The number of rotatable bonds is 6. The predicted molar refractivity (Wildman–Crippen MR) is 86.0 cm³/mol. The Morgan fingerprint density at radius 1 is 1.42 bits per heavy atom. The molecule has 0 aromatic heterocycles. The molecule has 2 amide bonds. The first-order chi connectivity index (χ1) is 11.4. The highest BCUT2D eigenvalue weighted by Gasteiger charge is 2.31. The van der Waals surface area contributed by atoms with Crippen LogP contribution < -0.4 is 10.6 Å². The Balaban J connectivity index is 2.04. The molecule has 0 unspecified atom stereocenters. The molecule has 2 N–H and O–H groups in total. The zero-order valence-electron chi connectivity index (χ0n) is 13.6. The molecule has 1 heterocycles. The van der Waals surface area contributed by atoms with Crippen LogP contribution in [0.15, 0.2) is 30.4 Å². The van der Waals surface area contributed by atoms with Crippen molar-refractivity contribution in [3.05, 3.63) is 47.5 Å². The van der Waals surface area contributed by atoms with Crippen molar-refractivity contribution in [2.75, 3.05) is 19.6 Å². The summed E-state index contributed by atoms with van der Waals surface area (Å²) in [4.78, 5) is 25.9. The van der Waals surface area contributed by atoms with E-state index in [9.17, 15) is 18.4 Å². The molecule has 1 saturated heterocycles. The molecule has 130 valence electrons. The fourth-order valence-electron chi connectivity index (χ4n) is 2.54. The van der Waals surface area contributed by atoms with Crippen LogP contribution in [0.1, 0.15) is 18.9 Å². The molecule has 1 aliphatic rings. The summed E-state index contributed by atoms with van der Waals surface area (Å²) >= 11 is 0. The van der Waals surface area contributed by atoms with E-state index in [4.69, 9.17) is 0 Å². The van der Waals surface area contributed by atoms with E-state index >= 15 is 0 Å². The van der Waals surface area contributed by atoms with Gasteiger partial charge in [0, 0.05) is 26.2 Å². The molecule has 2 rings (SSSR count). The van der Waals surface area contributed by atoms with Crippen LogP contribution in [0, 0.1) is 11.6 Å². The van der Waals surface area contributed by atoms with E-state index in [1.54, 1.807) is 11.8 Å². The minimum absolute atomic E-state index is 0.00277. The second-order valence-electron chi connectivity index (χ2n) is 5.96. The Bertz CT molecular complexity index is 649. The Morgan fingerprint density at radius 2 is 2.17 bits per heavy atom. The average Bonchev–Trinajstić information content (AvgIpc) is 2.52. The monoisotopic (exact) mass is 337 g/mol. The first kappa shape index (κ1) is 18.1. The Hall–Kier alpha value is -2.28. The van der Waals surface area contributed by atoms with E-state index in [1.165, 1.54) is 6.07 Å². The molecule has 24 heavy (non-hydrogen) atoms. The van der Waals surface area contributed by atoms with E-state index in [0.29, 0.717) is 25.2 Å². The van der Waals surface area contributed by atoms with Crippen LogP contribution in [0.3, 0.4) is 0 Å². The van der Waals surface area contributed by atoms with Gasteiger partial charge in [-0.1, -0.05) is 18.2 Å². The fraction of sp³-hybridized carbons (Fsp3) is 0.412. The van der Waals surface area contributed by atoms with Gasteiger partial charge in [0.25, 0.3) is 0 Å². The quantitative estimate of drug-likeness (QED) is 0.771. The van der Waals surface area contributed by atoms with Crippen LogP contribution in [0.25, 0.3) is 0 Å². The lowest BCUT2D eigenvalue weighted by molar-refractivity contribution is -0.134. The SMILES string of the molecule is C=C(C)CNC(=O)C[C@H]1C(=O)NCCN1Cc1ccc(F)c(F)c1. The van der Waals surface area contributed by atoms with Crippen LogP contribution in [0.2, 0.25) is 0 Å². The summed E-state index contributed by atoms with van der Waals surface area (Å²) in [5, 5.41) is 5.42. The minimum atomic E-state index is -0.926. The molecule has 0 radical (unpaired) electrons. The lowest BCUT2D eigenvalue weighted by Gasteiger charge is -2.34. The molecule has 1 aliphatic heterocycles. The molecule has 0 bridgehead atoms. The highest BCUT2D eigenvalue weighted by atomic mass is 19.2. The van der Waals surface area contributed by atoms with Gasteiger partial charge in [0.05, 0.1) is 12.5 Å². The number of hydrogen-bond donors (Lipinski definition) is 2. The van der Waals surface area contributed by atoms with Gasteiger partial charge < -0.3 is 10.6 Å². The predicted octanol–water partition coefficient (Wildman–Crippen LogP) is 1.35. The number of benzene rings is 1. The van der Waals surface area contributed by atoms with Crippen LogP contribution in [0.4, 0.5) is 8.78 Å². The molecule has 1 atom stereocenters. The van der Waals surface area contributed by atoms with Gasteiger partial charge >= 0.3 is 0 Å². The van der Waals surface area contributed by atoms with E-state index < -0.39 is 17.7 Å². The molecular formula is C17H21F2N3O2. The summed E-state index contributed by atoms with van der Waals surface area (Å²) in [7, 11) is 0. The van der Waals surface area contributed by atoms with E-state index in [0.717, 1.165) is 17.7 Å². The number of nitrogens with one attached hydrogen (secondary N) is 2. The number of piperazine rings is 1. The maximum atomic E-state index is 13.3. The smallest absolute Gasteiger partial charge is 0.237 e. The van der Waals surface area contributed by atoms with Crippen LogP contribution in [-0.2, 0) is 16.1 Å². The standard InChI is InChI=1S/C17H21F2N3O2/c1-11(2)9-21-16(23)8-15-17(24)20-5-6-22(15)10-12-3-4-13(18)14(19)7-12/h3-4,7,15H,1,5-6,8-10H2,2H3,(H,20,24)(H,21,23)/t15-/m0/s1. The van der Waals surface area contributed by atoms with Crippen molar-refractivity contribution in [3.8, 4) is 0 Å². The molecule has 0 saturated carbocycles. The first-order valence-corrected chi connectivity index (χ1v) is 7.73. The van der Waals surface area contributed by atoms with Crippen molar-refractivity contribution >= 4 is 11.8 Å². The lowest BCUT2D eigenvalue weighted by Crippen LogP contribution is -2.56. The maximum Gasteiger partial charge on any atom is 0.237 e. The van der Waals surface area contributed by atoms with Gasteiger partial charge in [-0.25, -0.2) is 8.78 Å². The summed E-state index contributed by atoms with van der Waals surface area (Å²) in [6.45, 7) is 7.11. The highest BCUT2D eigenvalue weighted by molar-refractivity contribution is 5.88. The van der Waals surface area contributed by atoms with Gasteiger partial charge in [-0.05, 0) is 24.6 Å². The number of halogens is 2. The van der Waals surface area contributed by atoms with Gasteiger partial charge in [-0.3, -0.25) is 14.5 Å². The van der Waals surface area contributed by atoms with Gasteiger partial charge in [0.2, 0.25) is 11.8 Å². The first-order valence-electron chi connectivity index (χ1n) is 7.73. The summed E-state index contributed by atoms with van der Waals surface area (Å²) in [6.07, 6.45) is 0.00277. The maximum absolute atomic E-state index is 13.3. The molecule has 7 heteroatoms. The van der Waals surface area contributed by atoms with Crippen molar-refractivity contribution < 1.29 is 18.4 Å². The summed E-state index contributed by atoms with van der Waals surface area (Å²) in [6, 6.07) is 3.00. The third-order valence-electron chi connectivity index (χ3n) is 3.78. The van der Waals surface area contributed by atoms with Gasteiger partial charge in [-0.2, -0.15) is 0 Å². The summed E-state index contributed by atoms with van der Waals surface area (Å²) in [5.74, 6) is -2.33. The minimum Gasteiger partial charge on any atom is -0.353 e. The van der Waals surface area contributed by atoms with Gasteiger partial charge in [0.1, 0.15) is 0 Å². The van der Waals surface area contributed by atoms with Gasteiger partial charge in [-0.15, -0.1) is 0 Å². The van der Waals surface area contributed by atoms with E-state index in [-0.39, 0.29) is 24.8 Å². The second kappa shape index (κ2) is 8.01. The van der Waals surface area contributed by atoms with Crippen molar-refractivity contribution in [3.63, 3.8) is 0 Å². The Morgan fingerprint density at radius 3 is 2.83 bits per heavy atom. The van der Waals surface area contributed by atoms with E-state index in [2.05, 4.69) is 17.2 Å². The average molecular weight is 337 g/mol. The third-order valence-corrected chi connectivity index (χ3v) is 3.78. The zero-order chi connectivity index (χ0) is 17.7. The Kier molecular flexibility index (Phi) is 6.03. The largest absolute Gasteiger partial charge is 0.353 e. The molecule has 0 aliphatic carbocycles. The molecule has 5 nitrogen and oxygen atoms in total. The molecule has 1 aromatic carbocycles. The van der Waals surface area contributed by atoms with Crippen molar-refractivity contribution in [2.24, 2.45) is 0 Å². The number of carbonyl (C=O) groups is 2. The van der Waals surface area contributed by atoms with Crippen LogP contribution in [0.5, 0.6) is 0 Å². The normalized spacial score (nSPS) is 18.1. The number of hydrogen-bond acceptors (Lipinski definition) is 3. The van der Waals surface area contributed by atoms with Crippen LogP contribution in [-0.4, -0.2) is 42.4 Å². The number of amides is 2. The highest BCUT2D eigenvalue weighted by Crippen LogP contribution is 2.16. The summed E-state index contributed by atoms with van der Waals surface area (Å²) in [5.41, 5.74) is 1.37. The molecule has 1 aromatic rings. The number of carbonyl (C=O) groups excluding carboxylic acids is 2. The van der Waals surface area contributed by atoms with Crippen molar-refractivity contribution in [2.45, 2.75) is 25.9 Å². The van der Waals surface area contributed by atoms with Crippen molar-refractivity contribution in [1.29, 1.82) is 0 Å². The molecular weight excluding hydrogens is 316 g/mol. The van der Waals surface area contributed by atoms with Crippen molar-refractivity contribution in [1.82, 2.24) is 15.5 Å². The third kappa shape index (κ3) is 4.86. The van der Waals surface area contributed by atoms with Crippen LogP contribution >= 0.6 is 0 Å². The second-order valence-corrected chi connectivity index (χ2v) is 5.96. The van der Waals surface area contributed by atoms with Gasteiger partial charge in [0.15, 0.2) is 11.6 Å². The lowest BCUT2D eigenvalue weighted by atomic mass is 10.1. The topological polar surface area (TPSA) is 61.4 Å².